The van der Waals surface area contributed by atoms with Gasteiger partial charge < -0.3 is 10.4 Å². The van der Waals surface area contributed by atoms with Gasteiger partial charge in [0, 0.05) is 12.5 Å². The molecule has 1 heterocycles. The Bertz CT molecular complexity index is 931. The van der Waals surface area contributed by atoms with Crippen LogP contribution in [0.25, 0.3) is 11.3 Å². The fourth-order valence-corrected chi connectivity index (χ4v) is 3.16. The lowest BCUT2D eigenvalue weighted by atomic mass is 10.1. The molecule has 0 unspecified atom stereocenters. The van der Waals surface area contributed by atoms with Crippen molar-refractivity contribution in [2.75, 3.05) is 5.32 Å². The molecular weight excluding hydrogens is 348 g/mol. The van der Waals surface area contributed by atoms with Gasteiger partial charge in [0.1, 0.15) is 16.4 Å². The molecule has 0 saturated carbocycles. The van der Waals surface area contributed by atoms with Gasteiger partial charge in [0.25, 0.3) is 0 Å². The quantitative estimate of drug-likeness (QED) is 0.618. The minimum Gasteiger partial charge on any atom is -0.508 e. The molecular formula is C19H18N4O2S. The second-order valence-electron chi connectivity index (χ2n) is 5.79. The molecule has 0 saturated heterocycles. The smallest absolute Gasteiger partial charge is 0.232 e. The Kier molecular flexibility index (Phi) is 5.38. The topological polar surface area (TPSA) is 86.9 Å². The van der Waals surface area contributed by atoms with Crippen molar-refractivity contribution in [3.05, 3.63) is 59.7 Å². The summed E-state index contributed by atoms with van der Waals surface area (Å²) in [5.74, 6) is 0.0582. The molecule has 6 nitrogen and oxygen atoms in total. The Labute approximate surface area is 155 Å². The van der Waals surface area contributed by atoms with Gasteiger partial charge in [-0.05, 0) is 24.6 Å². The van der Waals surface area contributed by atoms with Crippen LogP contribution >= 0.6 is 11.3 Å². The summed E-state index contributed by atoms with van der Waals surface area (Å²) in [6.07, 6.45) is 0. The maximum absolute atomic E-state index is 11.5. The lowest BCUT2D eigenvalue weighted by Crippen LogP contribution is -2.05. The first-order chi connectivity index (χ1) is 12.5. The fraction of sp³-hybridized carbons (Fsp3) is 0.158. The van der Waals surface area contributed by atoms with Gasteiger partial charge in [-0.2, -0.15) is 5.11 Å². The molecule has 1 amide bonds. The zero-order valence-electron chi connectivity index (χ0n) is 14.4. The number of carbonyl (C=O) groups excluding carboxylic acids is 1. The maximum Gasteiger partial charge on any atom is 0.232 e. The Balaban J connectivity index is 1.83. The number of phenolic OH excluding ortho intramolecular Hbond substituents is 1. The monoisotopic (exact) mass is 366 g/mol. The summed E-state index contributed by atoms with van der Waals surface area (Å²) in [6.45, 7) is 3.86. The summed E-state index contributed by atoms with van der Waals surface area (Å²) in [5, 5.41) is 21.6. The highest BCUT2D eigenvalue weighted by molar-refractivity contribution is 7.19. The molecule has 2 N–H and O–H groups in total. The number of aryl methyl sites for hydroxylation is 1. The number of anilines is 1. The molecule has 0 atom stereocenters. The van der Waals surface area contributed by atoms with Gasteiger partial charge in [0.05, 0.1) is 6.54 Å². The molecule has 3 aromatic rings. The highest BCUT2D eigenvalue weighted by atomic mass is 32.1. The van der Waals surface area contributed by atoms with Crippen LogP contribution in [0.2, 0.25) is 0 Å². The lowest BCUT2D eigenvalue weighted by molar-refractivity contribution is -0.114. The first-order valence-electron chi connectivity index (χ1n) is 8.02. The molecule has 0 spiro atoms. The van der Waals surface area contributed by atoms with E-state index < -0.39 is 0 Å². The summed E-state index contributed by atoms with van der Waals surface area (Å²) < 4.78 is 0. The Morgan fingerprint density at radius 3 is 2.50 bits per heavy atom. The van der Waals surface area contributed by atoms with E-state index in [1.807, 2.05) is 31.2 Å². The zero-order valence-corrected chi connectivity index (χ0v) is 15.2. The lowest BCUT2D eigenvalue weighted by Gasteiger charge is -2.02. The molecule has 1 aromatic heterocycles. The van der Waals surface area contributed by atoms with Crippen LogP contribution in [0.15, 0.2) is 58.8 Å². The number of nitrogens with one attached hydrogen (secondary N) is 1. The number of nitrogens with zero attached hydrogens (tertiary/aromatic N) is 3. The SMILES string of the molecule is CC(=O)Nc1sc(N=NCc2ccc(O)cc2)nc1-c1ccc(C)cc1. The Morgan fingerprint density at radius 2 is 1.85 bits per heavy atom. The number of amides is 1. The summed E-state index contributed by atoms with van der Waals surface area (Å²) in [5.41, 5.74) is 3.68. The van der Waals surface area contributed by atoms with E-state index >= 15 is 0 Å². The average Bonchev–Trinajstić information content (AvgIpc) is 2.99. The minimum absolute atomic E-state index is 0.158. The van der Waals surface area contributed by atoms with E-state index in [2.05, 4.69) is 20.5 Å². The third kappa shape index (κ3) is 4.52. The van der Waals surface area contributed by atoms with Gasteiger partial charge in [0.15, 0.2) is 0 Å². The van der Waals surface area contributed by atoms with Crippen LogP contribution in [0.1, 0.15) is 18.1 Å². The van der Waals surface area contributed by atoms with E-state index in [9.17, 15) is 9.90 Å². The van der Waals surface area contributed by atoms with Crippen LogP contribution in [0.3, 0.4) is 0 Å². The molecule has 0 fully saturated rings. The standard InChI is InChI=1S/C19H18N4O2S/c1-12-3-7-15(8-4-12)17-18(21-13(2)24)26-19(22-17)23-20-11-14-5-9-16(25)10-6-14/h3-10,25H,11H2,1-2H3,(H,21,24). The number of aromatic nitrogens is 1. The van der Waals surface area contributed by atoms with Crippen LogP contribution < -0.4 is 5.32 Å². The number of hydrogen-bond donors (Lipinski definition) is 2. The normalized spacial score (nSPS) is 11.0. The largest absolute Gasteiger partial charge is 0.508 e. The predicted octanol–water partition coefficient (Wildman–Crippen LogP) is 5.07. The van der Waals surface area contributed by atoms with E-state index in [1.165, 1.54) is 18.3 Å². The molecule has 2 aromatic carbocycles. The van der Waals surface area contributed by atoms with Gasteiger partial charge in [-0.3, -0.25) is 4.79 Å². The van der Waals surface area contributed by atoms with Crippen molar-refractivity contribution in [1.82, 2.24) is 4.98 Å². The van der Waals surface area contributed by atoms with Gasteiger partial charge in [-0.25, -0.2) is 4.98 Å². The number of carbonyl (C=O) groups is 1. The first-order valence-corrected chi connectivity index (χ1v) is 8.84. The highest BCUT2D eigenvalue weighted by Gasteiger charge is 2.14. The summed E-state index contributed by atoms with van der Waals surface area (Å²) in [7, 11) is 0. The van der Waals surface area contributed by atoms with E-state index in [0.29, 0.717) is 22.4 Å². The van der Waals surface area contributed by atoms with E-state index in [0.717, 1.165) is 16.7 Å². The first kappa shape index (κ1) is 17.8. The fourth-order valence-electron chi connectivity index (χ4n) is 2.28. The maximum atomic E-state index is 11.5. The molecule has 0 bridgehead atoms. The van der Waals surface area contributed by atoms with E-state index in [-0.39, 0.29) is 11.7 Å². The van der Waals surface area contributed by atoms with Crippen molar-refractivity contribution in [3.63, 3.8) is 0 Å². The Morgan fingerprint density at radius 1 is 1.15 bits per heavy atom. The van der Waals surface area contributed by atoms with Gasteiger partial charge in [-0.15, -0.1) is 5.11 Å². The molecule has 0 aliphatic heterocycles. The second-order valence-corrected chi connectivity index (χ2v) is 6.76. The zero-order chi connectivity index (χ0) is 18.5. The second kappa shape index (κ2) is 7.88. The number of thiazole rings is 1. The summed E-state index contributed by atoms with van der Waals surface area (Å²) in [6, 6.07) is 14.7. The summed E-state index contributed by atoms with van der Waals surface area (Å²) in [4.78, 5) is 16.0. The predicted molar refractivity (Wildman–Crippen MR) is 103 cm³/mol. The van der Waals surface area contributed by atoms with Gasteiger partial charge in [-0.1, -0.05) is 53.3 Å². The van der Waals surface area contributed by atoms with Gasteiger partial charge in [0.2, 0.25) is 11.0 Å². The molecule has 7 heteroatoms. The third-order valence-corrected chi connectivity index (χ3v) is 4.43. The van der Waals surface area contributed by atoms with Crippen molar-refractivity contribution in [2.45, 2.75) is 20.4 Å². The van der Waals surface area contributed by atoms with Crippen LogP contribution in [-0.2, 0) is 11.3 Å². The van der Waals surface area contributed by atoms with Crippen LogP contribution in [0.5, 0.6) is 5.75 Å². The summed E-state index contributed by atoms with van der Waals surface area (Å²) >= 11 is 1.28. The number of aromatic hydroxyl groups is 1. The highest BCUT2D eigenvalue weighted by Crippen LogP contribution is 2.37. The van der Waals surface area contributed by atoms with Crippen molar-refractivity contribution in [1.29, 1.82) is 0 Å². The number of azo groups is 1. The van der Waals surface area contributed by atoms with Crippen molar-refractivity contribution >= 4 is 27.4 Å². The number of benzene rings is 2. The Hall–Kier alpha value is -3.06. The number of rotatable bonds is 5. The number of hydrogen-bond acceptors (Lipinski definition) is 6. The average molecular weight is 366 g/mol. The van der Waals surface area contributed by atoms with Crippen molar-refractivity contribution in [2.24, 2.45) is 10.2 Å². The minimum atomic E-state index is -0.158. The van der Waals surface area contributed by atoms with Crippen LogP contribution in [0.4, 0.5) is 10.1 Å². The third-order valence-electron chi connectivity index (χ3n) is 3.58. The van der Waals surface area contributed by atoms with Crippen LogP contribution in [0, 0.1) is 6.92 Å². The van der Waals surface area contributed by atoms with Crippen LogP contribution in [-0.4, -0.2) is 16.0 Å². The molecule has 26 heavy (non-hydrogen) atoms. The molecule has 3 rings (SSSR count). The number of phenols is 1. The molecule has 0 radical (unpaired) electrons. The van der Waals surface area contributed by atoms with Crippen molar-refractivity contribution in [3.8, 4) is 17.0 Å². The molecule has 0 aliphatic carbocycles. The molecule has 0 aliphatic rings. The van der Waals surface area contributed by atoms with E-state index in [4.69, 9.17) is 0 Å². The van der Waals surface area contributed by atoms with Gasteiger partial charge >= 0.3 is 0 Å². The van der Waals surface area contributed by atoms with E-state index in [1.54, 1.807) is 24.3 Å². The molecule has 132 valence electrons. The van der Waals surface area contributed by atoms with Crippen molar-refractivity contribution < 1.29 is 9.90 Å².